The summed E-state index contributed by atoms with van der Waals surface area (Å²) in [6.45, 7) is 11.4. The minimum absolute atomic E-state index is 0.0735. The van der Waals surface area contributed by atoms with Crippen LogP contribution in [0.5, 0.6) is 0 Å². The van der Waals surface area contributed by atoms with Gasteiger partial charge in [0, 0.05) is 26.3 Å². The zero-order valence-corrected chi connectivity index (χ0v) is 35.7. The average molecular weight is 749 g/mol. The van der Waals surface area contributed by atoms with Gasteiger partial charge in [-0.15, -0.1) is 0 Å². The van der Waals surface area contributed by atoms with Gasteiger partial charge in [-0.1, -0.05) is 154 Å². The van der Waals surface area contributed by atoms with E-state index < -0.39 is 0 Å². The molecule has 1 aliphatic rings. The predicted molar refractivity (Wildman–Crippen MR) is 232 cm³/mol. The monoisotopic (exact) mass is 749 g/mol. The van der Waals surface area contributed by atoms with Crippen molar-refractivity contribution in [3.63, 3.8) is 0 Å². The molecule has 0 aromatic rings. The van der Waals surface area contributed by atoms with Crippen LogP contribution in [0.1, 0.15) is 206 Å². The molecular weight excluding hydrogens is 661 g/mol. The van der Waals surface area contributed by atoms with E-state index in [4.69, 9.17) is 26.4 Å². The van der Waals surface area contributed by atoms with Gasteiger partial charge in [-0.2, -0.15) is 0 Å². The highest BCUT2D eigenvalue weighted by atomic mass is 32.1. The number of nitrogens with zero attached hydrogens (tertiary/aromatic N) is 1. The summed E-state index contributed by atoms with van der Waals surface area (Å²) in [4.78, 5) is 2.49. The van der Waals surface area contributed by atoms with E-state index >= 15 is 0 Å². The van der Waals surface area contributed by atoms with Crippen molar-refractivity contribution in [3.05, 3.63) is 24.3 Å². The maximum atomic E-state index is 6.27. The Balaban J connectivity index is 2.10. The lowest BCUT2D eigenvalue weighted by Crippen LogP contribution is -2.36. The number of rotatable bonds is 40. The van der Waals surface area contributed by atoms with E-state index in [0.29, 0.717) is 18.4 Å². The highest BCUT2D eigenvalue weighted by Crippen LogP contribution is 2.13. The van der Waals surface area contributed by atoms with Crippen molar-refractivity contribution in [1.82, 2.24) is 10.2 Å². The number of likely N-dealkylation sites (tertiary alicyclic amines) is 1. The molecule has 5 nitrogen and oxygen atoms in total. The van der Waals surface area contributed by atoms with Crippen LogP contribution < -0.4 is 5.32 Å². The molecule has 52 heavy (non-hydrogen) atoms. The summed E-state index contributed by atoms with van der Waals surface area (Å²) < 4.78 is 18.3. The van der Waals surface area contributed by atoms with Gasteiger partial charge in [0.05, 0.1) is 6.61 Å². The second-order valence-electron chi connectivity index (χ2n) is 15.5. The molecule has 1 fully saturated rings. The van der Waals surface area contributed by atoms with E-state index in [1.54, 1.807) is 0 Å². The van der Waals surface area contributed by atoms with Crippen molar-refractivity contribution in [2.45, 2.75) is 213 Å². The first-order valence-corrected chi connectivity index (χ1v) is 23.3. The minimum atomic E-state index is -0.0735. The van der Waals surface area contributed by atoms with Gasteiger partial charge in [-0.05, 0) is 102 Å². The molecule has 0 aromatic heterocycles. The molecule has 1 saturated heterocycles. The lowest BCUT2D eigenvalue weighted by Gasteiger charge is -2.20. The molecule has 6 heteroatoms. The van der Waals surface area contributed by atoms with E-state index in [1.807, 2.05) is 0 Å². The summed E-state index contributed by atoms with van der Waals surface area (Å²) in [5.41, 5.74) is 0. The number of hydrogen-bond acceptors (Lipinski definition) is 5. The quantitative estimate of drug-likeness (QED) is 0.0382. The summed E-state index contributed by atoms with van der Waals surface area (Å²) >= 11 is 5.47. The zero-order valence-electron chi connectivity index (χ0n) is 34.8. The maximum absolute atomic E-state index is 6.27. The van der Waals surface area contributed by atoms with Gasteiger partial charge in [-0.3, -0.25) is 0 Å². The first-order chi connectivity index (χ1) is 25.8. The molecule has 0 bridgehead atoms. The second kappa shape index (κ2) is 41.2. The Bertz CT molecular complexity index is 786. The second-order valence-corrected chi connectivity index (χ2v) is 15.9. The van der Waals surface area contributed by atoms with Gasteiger partial charge in [0.1, 0.15) is 12.7 Å². The van der Waals surface area contributed by atoms with Crippen LogP contribution in [0.2, 0.25) is 0 Å². The van der Waals surface area contributed by atoms with Crippen LogP contribution in [0.15, 0.2) is 24.3 Å². The van der Waals surface area contributed by atoms with Gasteiger partial charge in [-0.25, -0.2) is 0 Å². The summed E-state index contributed by atoms with van der Waals surface area (Å²) in [5.74, 6) is 0. The molecule has 1 aliphatic heterocycles. The van der Waals surface area contributed by atoms with E-state index in [0.717, 1.165) is 39.1 Å². The number of hydrogen-bond donors (Lipinski definition) is 1. The van der Waals surface area contributed by atoms with E-state index in [9.17, 15) is 0 Å². The van der Waals surface area contributed by atoms with E-state index in [2.05, 4.69) is 48.4 Å². The molecule has 1 heterocycles. The fourth-order valence-corrected chi connectivity index (χ4v) is 7.12. The standard InChI is InChI=1S/C46H88N2O3S/c1-3-5-7-9-11-13-15-17-19-21-23-25-27-29-31-35-41-49-43-45(44-51-46(52)47-37-40-48-38-33-34-39-48)50-42-36-32-30-28-26-24-22-20-18-16-14-12-10-8-6-4-2/h17-20,45H,3-16,21-44H2,1-2H3,(H,47,52). The molecule has 1 N–H and O–H groups in total. The predicted octanol–water partition coefficient (Wildman–Crippen LogP) is 13.5. The highest BCUT2D eigenvalue weighted by Gasteiger charge is 2.13. The summed E-state index contributed by atoms with van der Waals surface area (Å²) in [5, 5.41) is 3.77. The highest BCUT2D eigenvalue weighted by molar-refractivity contribution is 7.80. The van der Waals surface area contributed by atoms with Crippen LogP contribution in [-0.4, -0.2) is 68.8 Å². The summed E-state index contributed by atoms with van der Waals surface area (Å²) in [6.07, 6.45) is 49.2. The summed E-state index contributed by atoms with van der Waals surface area (Å²) in [6, 6.07) is 0. The zero-order chi connectivity index (χ0) is 37.3. The van der Waals surface area contributed by atoms with Crippen LogP contribution in [0.4, 0.5) is 0 Å². The Morgan fingerprint density at radius 1 is 0.558 bits per heavy atom. The van der Waals surface area contributed by atoms with Crippen LogP contribution in [0.3, 0.4) is 0 Å². The third kappa shape index (κ3) is 36.0. The largest absolute Gasteiger partial charge is 0.468 e. The van der Waals surface area contributed by atoms with Crippen molar-refractivity contribution in [1.29, 1.82) is 0 Å². The minimum Gasteiger partial charge on any atom is -0.468 e. The van der Waals surface area contributed by atoms with Crippen molar-refractivity contribution >= 4 is 17.4 Å². The molecule has 1 unspecified atom stereocenters. The van der Waals surface area contributed by atoms with Crippen molar-refractivity contribution in [2.24, 2.45) is 0 Å². The lowest BCUT2D eigenvalue weighted by atomic mass is 10.1. The summed E-state index contributed by atoms with van der Waals surface area (Å²) in [7, 11) is 0. The third-order valence-corrected chi connectivity index (χ3v) is 10.7. The first kappa shape index (κ1) is 49.1. The lowest BCUT2D eigenvalue weighted by molar-refractivity contribution is -0.0412. The maximum Gasteiger partial charge on any atom is 0.256 e. The van der Waals surface area contributed by atoms with Crippen LogP contribution in [0.25, 0.3) is 0 Å². The molecular formula is C46H88N2O3S. The Hall–Kier alpha value is -0.950. The molecule has 0 aliphatic carbocycles. The fraction of sp³-hybridized carbons (Fsp3) is 0.891. The van der Waals surface area contributed by atoms with Crippen LogP contribution in [-0.2, 0) is 14.2 Å². The van der Waals surface area contributed by atoms with Gasteiger partial charge >= 0.3 is 0 Å². The Morgan fingerprint density at radius 2 is 0.981 bits per heavy atom. The molecule has 0 spiro atoms. The van der Waals surface area contributed by atoms with Crippen molar-refractivity contribution < 1.29 is 14.2 Å². The van der Waals surface area contributed by atoms with Crippen LogP contribution in [0, 0.1) is 0 Å². The molecule has 1 rings (SSSR count). The number of unbranched alkanes of at least 4 members (excludes halogenated alkanes) is 24. The first-order valence-electron chi connectivity index (χ1n) is 22.9. The number of ether oxygens (including phenoxy) is 3. The van der Waals surface area contributed by atoms with Gasteiger partial charge in [0.2, 0.25) is 0 Å². The van der Waals surface area contributed by atoms with E-state index in [-0.39, 0.29) is 6.10 Å². The average Bonchev–Trinajstić information content (AvgIpc) is 3.68. The van der Waals surface area contributed by atoms with Gasteiger partial charge in [0.25, 0.3) is 5.17 Å². The van der Waals surface area contributed by atoms with Crippen molar-refractivity contribution in [3.8, 4) is 0 Å². The Kier molecular flexibility index (Phi) is 38.9. The van der Waals surface area contributed by atoms with E-state index in [1.165, 1.54) is 193 Å². The third-order valence-electron chi connectivity index (χ3n) is 10.4. The van der Waals surface area contributed by atoms with Crippen LogP contribution >= 0.6 is 12.2 Å². The number of allylic oxidation sites excluding steroid dienone is 4. The molecule has 306 valence electrons. The fourth-order valence-electron chi connectivity index (χ4n) is 6.95. The molecule has 0 radical (unpaired) electrons. The van der Waals surface area contributed by atoms with Gasteiger partial charge < -0.3 is 24.4 Å². The Labute approximate surface area is 330 Å². The molecule has 0 aromatic carbocycles. The topological polar surface area (TPSA) is 43.0 Å². The van der Waals surface area contributed by atoms with Gasteiger partial charge in [0.15, 0.2) is 0 Å². The number of thiocarbonyl (C=S) groups is 1. The Morgan fingerprint density at radius 3 is 1.46 bits per heavy atom. The SMILES string of the molecule is CCCCCCCCC=CCCCCCCCCOCC(COC(=S)NCCN1CCCC1)OCCCCCCCCC=CCCCCCCCC. The normalized spacial score (nSPS) is 14.3. The smallest absolute Gasteiger partial charge is 0.256 e. The van der Waals surface area contributed by atoms with Crippen molar-refractivity contribution in [2.75, 3.05) is 52.6 Å². The molecule has 0 amide bonds. The number of nitrogens with one attached hydrogen (secondary N) is 1. The molecule has 0 saturated carbocycles. The molecule has 1 atom stereocenters.